The molecule has 0 spiro atoms. The number of benzene rings is 3. The molecule has 0 heterocycles. The van der Waals surface area contributed by atoms with E-state index < -0.39 is 24.4 Å². The normalized spacial score (nSPS) is 10.6. The van der Waals surface area contributed by atoms with Gasteiger partial charge in [-0.05, 0) is 68.4 Å². The summed E-state index contributed by atoms with van der Waals surface area (Å²) >= 11 is 6.17. The van der Waals surface area contributed by atoms with Crippen LogP contribution in [0.4, 0.5) is 11.4 Å². The van der Waals surface area contributed by atoms with E-state index in [-0.39, 0.29) is 41.1 Å². The van der Waals surface area contributed by atoms with Gasteiger partial charge in [-0.25, -0.2) is 4.79 Å². The van der Waals surface area contributed by atoms with Crippen molar-refractivity contribution >= 4 is 46.6 Å². The maximum Gasteiger partial charge on any atom is 0.341 e. The highest BCUT2D eigenvalue weighted by molar-refractivity contribution is 6.31. The van der Waals surface area contributed by atoms with Gasteiger partial charge in [0.2, 0.25) is 5.91 Å². The molecule has 0 saturated carbocycles. The zero-order chi connectivity index (χ0) is 28.7. The van der Waals surface area contributed by atoms with Crippen LogP contribution in [0.2, 0.25) is 5.02 Å². The third-order valence-corrected chi connectivity index (χ3v) is 5.50. The van der Waals surface area contributed by atoms with Gasteiger partial charge in [-0.15, -0.1) is 0 Å². The van der Waals surface area contributed by atoms with Gasteiger partial charge in [0.25, 0.3) is 5.91 Å². The van der Waals surface area contributed by atoms with Crippen LogP contribution in [0.1, 0.15) is 45.7 Å². The fourth-order valence-electron chi connectivity index (χ4n) is 3.55. The molecule has 0 aliphatic heterocycles. The molecular weight excluding hydrogens is 526 g/mol. The molecule has 3 rings (SSSR count). The van der Waals surface area contributed by atoms with Crippen molar-refractivity contribution in [2.75, 3.05) is 17.2 Å². The molecule has 2 amide bonds. The van der Waals surface area contributed by atoms with Gasteiger partial charge in [-0.3, -0.25) is 15.0 Å². The summed E-state index contributed by atoms with van der Waals surface area (Å²) in [6, 6.07) is 14.0. The number of nitrogens with one attached hydrogen (secondary N) is 3. The van der Waals surface area contributed by atoms with Gasteiger partial charge in [0, 0.05) is 39.6 Å². The van der Waals surface area contributed by atoms with Crippen LogP contribution >= 0.6 is 11.6 Å². The van der Waals surface area contributed by atoms with Crippen molar-refractivity contribution in [3.8, 4) is 11.5 Å². The molecule has 3 aromatic carbocycles. The quantitative estimate of drug-likeness (QED) is 0.144. The van der Waals surface area contributed by atoms with Crippen LogP contribution in [0.3, 0.4) is 0 Å². The van der Waals surface area contributed by atoms with E-state index in [1.165, 1.54) is 18.2 Å². The third-order valence-electron chi connectivity index (χ3n) is 5.27. The summed E-state index contributed by atoms with van der Waals surface area (Å²) < 4.78 is 11.3. The number of carbonyl (C=O) groups is 3. The first kappa shape index (κ1) is 28.8. The van der Waals surface area contributed by atoms with Crippen molar-refractivity contribution in [3.05, 3.63) is 81.9 Å². The number of aliphatic carboxylic acids is 1. The zero-order valence-corrected chi connectivity index (χ0v) is 22.0. The lowest BCUT2D eigenvalue weighted by molar-refractivity contribution is -0.139. The van der Waals surface area contributed by atoms with E-state index in [0.717, 1.165) is 0 Å². The highest BCUT2D eigenvalue weighted by Crippen LogP contribution is 2.35. The fraction of sp³-hybridized carbons (Fsp3) is 0.185. The summed E-state index contributed by atoms with van der Waals surface area (Å²) in [5.41, 5.74) is 13.1. The predicted molar refractivity (Wildman–Crippen MR) is 148 cm³/mol. The smallest absolute Gasteiger partial charge is 0.341 e. The zero-order valence-electron chi connectivity index (χ0n) is 21.2. The van der Waals surface area contributed by atoms with Gasteiger partial charge in [-0.1, -0.05) is 11.6 Å². The molecule has 0 atom stereocenters. The van der Waals surface area contributed by atoms with E-state index >= 15 is 0 Å². The maximum atomic E-state index is 13.1. The summed E-state index contributed by atoms with van der Waals surface area (Å²) in [6.45, 7) is 2.90. The van der Waals surface area contributed by atoms with Gasteiger partial charge in [-0.2, -0.15) is 0 Å². The molecule has 12 heteroatoms. The van der Waals surface area contributed by atoms with Crippen LogP contribution in [0.5, 0.6) is 11.5 Å². The first-order valence-corrected chi connectivity index (χ1v) is 12.1. The fourth-order valence-corrected chi connectivity index (χ4v) is 3.73. The monoisotopic (exact) mass is 553 g/mol. The number of hydrogen-bond donors (Lipinski definition) is 6. The molecule has 0 fully saturated rings. The van der Waals surface area contributed by atoms with Gasteiger partial charge in [0.15, 0.2) is 18.1 Å². The number of amides is 2. The Labute approximate surface area is 229 Å². The Hall–Kier alpha value is -4.77. The second-order valence-corrected chi connectivity index (χ2v) is 9.10. The Bertz CT molecular complexity index is 1410. The summed E-state index contributed by atoms with van der Waals surface area (Å²) in [5.74, 6) is -2.19. The standard InChI is InChI=1S/C27H28ClN5O6/c1-14(2)39-22-10-16(26(31)36)9-17(24(22)38-13-23(34)35)12-32-21-8-5-18(28)11-20(21)27(37)33-19-6-3-15(4-7-19)25(29)30/h3-11,14,32H,12-13H2,1-2H3,(H3,29,30)(H2,31,36)(H,33,37)(H,34,35). The molecule has 0 saturated heterocycles. The Kier molecular flexibility index (Phi) is 9.34. The lowest BCUT2D eigenvalue weighted by atomic mass is 10.1. The summed E-state index contributed by atoms with van der Waals surface area (Å²) in [7, 11) is 0. The van der Waals surface area contributed by atoms with Gasteiger partial charge in [0.05, 0.1) is 11.7 Å². The molecular formula is C27H28ClN5O6. The number of carboxylic acid groups (broad SMARTS) is 1. The predicted octanol–water partition coefficient (Wildman–Crippen LogP) is 3.84. The van der Waals surface area contributed by atoms with Crippen molar-refractivity contribution < 1.29 is 29.0 Å². The van der Waals surface area contributed by atoms with Crippen LogP contribution in [-0.4, -0.2) is 41.4 Å². The van der Waals surface area contributed by atoms with Crippen LogP contribution < -0.4 is 31.6 Å². The molecule has 39 heavy (non-hydrogen) atoms. The largest absolute Gasteiger partial charge is 0.487 e. The highest BCUT2D eigenvalue weighted by atomic mass is 35.5. The van der Waals surface area contributed by atoms with Crippen molar-refractivity contribution in [1.29, 1.82) is 5.41 Å². The number of carbonyl (C=O) groups excluding carboxylic acids is 2. The number of amidine groups is 1. The Morgan fingerprint density at radius 3 is 2.31 bits per heavy atom. The van der Waals surface area contributed by atoms with E-state index in [1.807, 2.05) is 0 Å². The summed E-state index contributed by atoms with van der Waals surface area (Å²) in [5, 5.41) is 22.9. The maximum absolute atomic E-state index is 13.1. The topological polar surface area (TPSA) is 190 Å². The highest BCUT2D eigenvalue weighted by Gasteiger charge is 2.20. The molecule has 0 radical (unpaired) electrons. The molecule has 3 aromatic rings. The van der Waals surface area contributed by atoms with E-state index in [4.69, 9.17) is 43.1 Å². The summed E-state index contributed by atoms with van der Waals surface area (Å²) in [4.78, 5) is 36.3. The molecule has 8 N–H and O–H groups in total. The summed E-state index contributed by atoms with van der Waals surface area (Å²) in [6.07, 6.45) is -0.308. The molecule has 0 unspecified atom stereocenters. The van der Waals surface area contributed by atoms with E-state index in [2.05, 4.69) is 10.6 Å². The van der Waals surface area contributed by atoms with E-state index in [9.17, 15) is 14.4 Å². The second-order valence-electron chi connectivity index (χ2n) is 8.66. The van der Waals surface area contributed by atoms with Crippen LogP contribution in [0.25, 0.3) is 0 Å². The van der Waals surface area contributed by atoms with Crippen molar-refractivity contribution in [1.82, 2.24) is 0 Å². The van der Waals surface area contributed by atoms with Crippen LogP contribution in [0, 0.1) is 5.41 Å². The van der Waals surface area contributed by atoms with E-state index in [1.54, 1.807) is 50.2 Å². The average molecular weight is 554 g/mol. The SMILES string of the molecule is CC(C)Oc1cc(C(N)=O)cc(CNc2ccc(Cl)cc2C(=O)Nc2ccc(C(=N)N)cc2)c1OCC(=O)O. The third kappa shape index (κ3) is 7.86. The molecule has 0 bridgehead atoms. The van der Waals surface area contributed by atoms with Gasteiger partial charge in [0.1, 0.15) is 5.84 Å². The lowest BCUT2D eigenvalue weighted by Gasteiger charge is -2.20. The Morgan fingerprint density at radius 2 is 1.72 bits per heavy atom. The minimum Gasteiger partial charge on any atom is -0.487 e. The number of carboxylic acids is 1. The number of rotatable bonds is 12. The number of halogens is 1. The number of hydrogen-bond acceptors (Lipinski definition) is 7. The number of primary amides is 1. The molecule has 0 aromatic heterocycles. The number of ether oxygens (including phenoxy) is 2. The minimum absolute atomic E-state index is 0.0136. The first-order chi connectivity index (χ1) is 18.4. The molecule has 0 aliphatic rings. The minimum atomic E-state index is -1.20. The Balaban J connectivity index is 1.93. The van der Waals surface area contributed by atoms with Gasteiger partial charge < -0.3 is 36.7 Å². The van der Waals surface area contributed by atoms with Crippen molar-refractivity contribution in [2.45, 2.75) is 26.5 Å². The van der Waals surface area contributed by atoms with Crippen molar-refractivity contribution in [3.63, 3.8) is 0 Å². The molecule has 204 valence electrons. The lowest BCUT2D eigenvalue weighted by Crippen LogP contribution is -2.18. The van der Waals surface area contributed by atoms with E-state index in [0.29, 0.717) is 27.5 Å². The second kappa shape index (κ2) is 12.7. The van der Waals surface area contributed by atoms with Crippen molar-refractivity contribution in [2.24, 2.45) is 11.5 Å². The molecule has 0 aliphatic carbocycles. The first-order valence-electron chi connectivity index (χ1n) is 11.7. The number of anilines is 2. The average Bonchev–Trinajstić information content (AvgIpc) is 2.86. The number of nitrogens with two attached hydrogens (primary N) is 2. The van der Waals surface area contributed by atoms with Gasteiger partial charge >= 0.3 is 5.97 Å². The number of nitrogen functional groups attached to an aromatic ring is 1. The van der Waals surface area contributed by atoms with Crippen LogP contribution in [-0.2, 0) is 11.3 Å². The Morgan fingerprint density at radius 1 is 1.03 bits per heavy atom. The molecule has 11 nitrogen and oxygen atoms in total. The van der Waals surface area contributed by atoms with Crippen LogP contribution in [0.15, 0.2) is 54.6 Å².